The molecule has 0 N–H and O–H groups in total. The molecule has 3 nitrogen and oxygen atoms in total. The highest BCUT2D eigenvalue weighted by Crippen LogP contribution is 2.37. The van der Waals surface area contributed by atoms with Crippen molar-refractivity contribution in [2.75, 3.05) is 7.05 Å². The molecule has 21 heavy (non-hydrogen) atoms. The molecule has 0 saturated heterocycles. The van der Waals surface area contributed by atoms with E-state index < -0.39 is 18.1 Å². The molecule has 1 heterocycles. The Hall–Kier alpha value is -2.37. The molecular weight excluding hydrogens is 281 g/mol. The molecule has 0 radical (unpaired) electrons. The number of carbonyl (C=O) groups excluding carboxylic acids is 1. The second-order valence-electron chi connectivity index (χ2n) is 4.49. The van der Waals surface area contributed by atoms with Crippen molar-refractivity contribution < 1.29 is 18.0 Å². The van der Waals surface area contributed by atoms with Crippen molar-refractivity contribution in [2.24, 2.45) is 0 Å². The zero-order valence-electron chi connectivity index (χ0n) is 11.2. The van der Waals surface area contributed by atoms with Crippen molar-refractivity contribution in [3.05, 3.63) is 66.0 Å². The quantitative estimate of drug-likeness (QED) is 0.868. The Morgan fingerprint density at radius 1 is 1.10 bits per heavy atom. The maximum Gasteiger partial charge on any atom is 0.413 e. The van der Waals surface area contributed by atoms with E-state index in [0.29, 0.717) is 4.90 Å². The summed E-state index contributed by atoms with van der Waals surface area (Å²) in [5, 5.41) is 0. The van der Waals surface area contributed by atoms with Gasteiger partial charge in [-0.05, 0) is 17.7 Å². The second kappa shape index (κ2) is 5.95. The number of nitrogens with zero attached hydrogens (tertiary/aromatic N) is 2. The summed E-state index contributed by atoms with van der Waals surface area (Å²) in [6, 6.07) is 9.86. The molecule has 110 valence electrons. The fourth-order valence-corrected chi connectivity index (χ4v) is 2.05. The highest BCUT2D eigenvalue weighted by Gasteiger charge is 2.45. The highest BCUT2D eigenvalue weighted by molar-refractivity contribution is 5.92. The van der Waals surface area contributed by atoms with Crippen LogP contribution >= 0.6 is 0 Å². The molecule has 1 aromatic carbocycles. The van der Waals surface area contributed by atoms with Crippen LogP contribution in [0.25, 0.3) is 0 Å². The molecule has 0 unspecified atom stereocenters. The molecule has 1 atom stereocenters. The van der Waals surface area contributed by atoms with E-state index in [1.165, 1.54) is 36.5 Å². The van der Waals surface area contributed by atoms with Gasteiger partial charge in [-0.15, -0.1) is 0 Å². The van der Waals surface area contributed by atoms with E-state index in [1.54, 1.807) is 18.2 Å². The van der Waals surface area contributed by atoms with Crippen molar-refractivity contribution in [3.8, 4) is 0 Å². The van der Waals surface area contributed by atoms with E-state index in [4.69, 9.17) is 0 Å². The summed E-state index contributed by atoms with van der Waals surface area (Å²) >= 11 is 0. The van der Waals surface area contributed by atoms with Crippen LogP contribution in [0.2, 0.25) is 0 Å². The zero-order chi connectivity index (χ0) is 15.5. The molecule has 0 aliphatic heterocycles. The monoisotopic (exact) mass is 294 g/mol. The van der Waals surface area contributed by atoms with Crippen LogP contribution < -0.4 is 0 Å². The van der Waals surface area contributed by atoms with Gasteiger partial charge in [0.2, 0.25) is 0 Å². The van der Waals surface area contributed by atoms with E-state index >= 15 is 0 Å². The van der Waals surface area contributed by atoms with Gasteiger partial charge in [0.25, 0.3) is 5.91 Å². The average molecular weight is 294 g/mol. The van der Waals surface area contributed by atoms with Crippen molar-refractivity contribution >= 4 is 5.91 Å². The molecule has 0 aliphatic carbocycles. The molecule has 2 rings (SSSR count). The molecule has 1 aromatic heterocycles. The van der Waals surface area contributed by atoms with Crippen LogP contribution in [-0.2, 0) is 0 Å². The smallest absolute Gasteiger partial charge is 0.324 e. The lowest BCUT2D eigenvalue weighted by Gasteiger charge is -2.30. The van der Waals surface area contributed by atoms with Crippen LogP contribution in [0, 0.1) is 0 Å². The molecule has 0 aliphatic rings. The van der Waals surface area contributed by atoms with Crippen molar-refractivity contribution in [3.63, 3.8) is 0 Å². The predicted molar refractivity (Wildman–Crippen MR) is 71.6 cm³/mol. The van der Waals surface area contributed by atoms with Crippen LogP contribution in [0.3, 0.4) is 0 Å². The lowest BCUT2D eigenvalue weighted by molar-refractivity contribution is -0.176. The molecule has 0 fully saturated rings. The van der Waals surface area contributed by atoms with Gasteiger partial charge in [0, 0.05) is 13.2 Å². The normalized spacial score (nSPS) is 12.8. The average Bonchev–Trinajstić information content (AvgIpc) is 2.47. The Morgan fingerprint density at radius 3 is 2.24 bits per heavy atom. The van der Waals surface area contributed by atoms with E-state index in [0.717, 1.165) is 7.05 Å². The first kappa shape index (κ1) is 15.0. The number of pyridine rings is 1. The lowest BCUT2D eigenvalue weighted by atomic mass is 10.0. The summed E-state index contributed by atoms with van der Waals surface area (Å²) in [7, 11) is 1.13. The van der Waals surface area contributed by atoms with Gasteiger partial charge < -0.3 is 4.90 Å². The van der Waals surface area contributed by atoms with Gasteiger partial charge in [-0.25, -0.2) is 0 Å². The van der Waals surface area contributed by atoms with Crippen LogP contribution in [0.4, 0.5) is 13.2 Å². The van der Waals surface area contributed by atoms with Gasteiger partial charge in [0.05, 0.1) is 0 Å². The van der Waals surface area contributed by atoms with Gasteiger partial charge in [0.1, 0.15) is 5.69 Å². The summed E-state index contributed by atoms with van der Waals surface area (Å²) in [5.41, 5.74) is -0.0121. The lowest BCUT2D eigenvalue weighted by Crippen LogP contribution is -2.40. The Bertz CT molecular complexity index is 599. The molecule has 0 spiro atoms. The van der Waals surface area contributed by atoms with Crippen LogP contribution in [-0.4, -0.2) is 29.0 Å². The third-order valence-electron chi connectivity index (χ3n) is 3.02. The van der Waals surface area contributed by atoms with E-state index in [1.807, 2.05) is 0 Å². The Balaban J connectivity index is 2.36. The third kappa shape index (κ3) is 3.39. The third-order valence-corrected chi connectivity index (χ3v) is 3.02. The van der Waals surface area contributed by atoms with E-state index in [2.05, 4.69) is 4.98 Å². The number of rotatable bonds is 3. The number of aromatic nitrogens is 1. The van der Waals surface area contributed by atoms with Crippen LogP contribution in [0.5, 0.6) is 0 Å². The summed E-state index contributed by atoms with van der Waals surface area (Å²) in [6.07, 6.45) is -3.20. The molecule has 6 heteroatoms. The minimum Gasteiger partial charge on any atom is -0.324 e. The van der Waals surface area contributed by atoms with Crippen LogP contribution in [0.15, 0.2) is 54.7 Å². The van der Waals surface area contributed by atoms with Crippen molar-refractivity contribution in [1.82, 2.24) is 9.88 Å². The first-order chi connectivity index (χ1) is 9.91. The highest BCUT2D eigenvalue weighted by atomic mass is 19.4. The van der Waals surface area contributed by atoms with Gasteiger partial charge in [-0.2, -0.15) is 13.2 Å². The Morgan fingerprint density at radius 2 is 1.71 bits per heavy atom. The Kier molecular flexibility index (Phi) is 4.26. The number of benzene rings is 1. The van der Waals surface area contributed by atoms with Crippen molar-refractivity contribution in [1.29, 1.82) is 0 Å². The van der Waals surface area contributed by atoms with Gasteiger partial charge >= 0.3 is 6.18 Å². The number of hydrogen-bond donors (Lipinski definition) is 0. The number of alkyl halides is 3. The van der Waals surface area contributed by atoms with E-state index in [-0.39, 0.29) is 11.3 Å². The topological polar surface area (TPSA) is 33.2 Å². The summed E-state index contributed by atoms with van der Waals surface area (Å²) in [4.78, 5) is 16.6. The molecule has 2 aromatic rings. The minimum absolute atomic E-state index is 0.0109. The molecule has 0 saturated carbocycles. The summed E-state index contributed by atoms with van der Waals surface area (Å²) < 4.78 is 40.0. The summed E-state index contributed by atoms with van der Waals surface area (Å²) in [5.74, 6) is -0.776. The first-order valence-electron chi connectivity index (χ1n) is 6.21. The Labute approximate surface area is 120 Å². The van der Waals surface area contributed by atoms with Crippen LogP contribution in [0.1, 0.15) is 22.1 Å². The van der Waals surface area contributed by atoms with Gasteiger partial charge in [-0.3, -0.25) is 9.78 Å². The minimum atomic E-state index is -4.57. The number of amides is 1. The summed E-state index contributed by atoms with van der Waals surface area (Å²) in [6.45, 7) is 0. The first-order valence-corrected chi connectivity index (χ1v) is 6.21. The fraction of sp³-hybridized carbons (Fsp3) is 0.200. The largest absolute Gasteiger partial charge is 0.413 e. The number of carbonyl (C=O) groups is 1. The number of halogens is 3. The molecule has 0 bridgehead atoms. The molecular formula is C15H13F3N2O. The molecule has 1 amide bonds. The second-order valence-corrected chi connectivity index (χ2v) is 4.49. The van der Waals surface area contributed by atoms with E-state index in [9.17, 15) is 18.0 Å². The van der Waals surface area contributed by atoms with Crippen molar-refractivity contribution in [2.45, 2.75) is 12.2 Å². The maximum absolute atomic E-state index is 13.3. The fourth-order valence-electron chi connectivity index (χ4n) is 2.05. The van der Waals surface area contributed by atoms with Gasteiger partial charge in [0.15, 0.2) is 6.04 Å². The van der Waals surface area contributed by atoms with Gasteiger partial charge in [-0.1, -0.05) is 36.4 Å². The SMILES string of the molecule is CN(C(=O)c1ccccn1)[C@H](c1ccccc1)C(F)(F)F. The zero-order valence-corrected chi connectivity index (χ0v) is 11.2. The predicted octanol–water partition coefficient (Wildman–Crippen LogP) is 3.46. The maximum atomic E-state index is 13.3. The number of hydrogen-bond acceptors (Lipinski definition) is 2. The standard InChI is InChI=1S/C15H13F3N2O/c1-20(14(21)12-9-5-6-10-19-12)13(15(16,17)18)11-7-3-2-4-8-11/h2-10,13H,1H3/t13-/m1/s1.